The van der Waals surface area contributed by atoms with Gasteiger partial charge in [-0.05, 0) is 35.9 Å². The number of nitrogens with one attached hydrogen (secondary N) is 2. The average Bonchev–Trinajstić information content (AvgIpc) is 2.63. The number of anilines is 1. The minimum atomic E-state index is -0.0342. The van der Waals surface area contributed by atoms with Gasteiger partial charge in [0.15, 0.2) is 0 Å². The molecule has 2 aromatic rings. The highest BCUT2D eigenvalue weighted by atomic mass is 35.5. The second kappa shape index (κ2) is 12.1. The Kier molecular flexibility index (Phi) is 10.6. The van der Waals surface area contributed by atoms with Crippen LogP contribution in [0.15, 0.2) is 53.7 Å². The topological polar surface area (TPSA) is 63.2 Å². The molecule has 0 spiro atoms. The van der Waals surface area contributed by atoms with Crippen LogP contribution in [0, 0.1) is 0 Å². The van der Waals surface area contributed by atoms with Crippen LogP contribution in [0.5, 0.6) is 0 Å². The standard InChI is InChI=1S/C18H21N3O2S.2ClH/c22-18(10-16-12-20-8-9-23-16)21-15-3-5-17(6-4-15)24-13-14-2-1-7-19-11-14;;/h1-7,11,16,20H,8-10,12-13H2,(H,21,22);2*1H. The molecule has 0 bridgehead atoms. The van der Waals surface area contributed by atoms with E-state index in [0.29, 0.717) is 13.0 Å². The summed E-state index contributed by atoms with van der Waals surface area (Å²) in [5.74, 6) is 0.866. The number of rotatable bonds is 6. The van der Waals surface area contributed by atoms with Crippen molar-refractivity contribution in [2.75, 3.05) is 25.0 Å². The van der Waals surface area contributed by atoms with E-state index in [1.807, 2.05) is 36.5 Å². The number of ether oxygens (including phenoxy) is 1. The number of carbonyl (C=O) groups is 1. The van der Waals surface area contributed by atoms with E-state index < -0.39 is 0 Å². The van der Waals surface area contributed by atoms with Crippen LogP contribution in [-0.4, -0.2) is 36.7 Å². The lowest BCUT2D eigenvalue weighted by Gasteiger charge is -2.23. The Morgan fingerprint density at radius 2 is 2.08 bits per heavy atom. The number of benzene rings is 1. The van der Waals surface area contributed by atoms with Gasteiger partial charge in [0.1, 0.15) is 0 Å². The summed E-state index contributed by atoms with van der Waals surface area (Å²) in [4.78, 5) is 17.3. The molecular formula is C18H23Cl2N3O2S. The van der Waals surface area contributed by atoms with Crippen molar-refractivity contribution >= 4 is 48.2 Å². The van der Waals surface area contributed by atoms with Crippen molar-refractivity contribution in [3.63, 3.8) is 0 Å². The first-order valence-electron chi connectivity index (χ1n) is 8.03. The first kappa shape index (κ1) is 22.7. The molecule has 1 aliphatic heterocycles. The third-order valence-electron chi connectivity index (χ3n) is 3.68. The molecule has 1 aromatic carbocycles. The van der Waals surface area contributed by atoms with Crippen molar-refractivity contribution in [1.29, 1.82) is 0 Å². The maximum atomic E-state index is 12.0. The fraction of sp³-hybridized carbons (Fsp3) is 0.333. The number of nitrogens with zero attached hydrogens (tertiary/aromatic N) is 1. The van der Waals surface area contributed by atoms with E-state index >= 15 is 0 Å². The molecule has 2 heterocycles. The van der Waals surface area contributed by atoms with Crippen LogP contribution in [0.4, 0.5) is 5.69 Å². The minimum absolute atomic E-state index is 0. The summed E-state index contributed by atoms with van der Waals surface area (Å²) < 4.78 is 5.55. The Labute approximate surface area is 170 Å². The van der Waals surface area contributed by atoms with Crippen molar-refractivity contribution in [2.45, 2.75) is 23.2 Å². The zero-order valence-corrected chi connectivity index (χ0v) is 16.7. The molecule has 26 heavy (non-hydrogen) atoms. The molecule has 1 aromatic heterocycles. The summed E-state index contributed by atoms with van der Waals surface area (Å²) in [5.41, 5.74) is 2.01. The molecule has 8 heteroatoms. The summed E-state index contributed by atoms with van der Waals surface area (Å²) in [6.45, 7) is 2.26. The van der Waals surface area contributed by atoms with Crippen LogP contribution in [-0.2, 0) is 15.3 Å². The average molecular weight is 416 g/mol. The minimum Gasteiger partial charge on any atom is -0.375 e. The highest BCUT2D eigenvalue weighted by Gasteiger charge is 2.17. The third kappa shape index (κ3) is 7.51. The van der Waals surface area contributed by atoms with Gasteiger partial charge in [-0.2, -0.15) is 0 Å². The monoisotopic (exact) mass is 415 g/mol. The first-order chi connectivity index (χ1) is 11.8. The summed E-state index contributed by atoms with van der Waals surface area (Å²) in [6.07, 6.45) is 4.00. The van der Waals surface area contributed by atoms with Crippen LogP contribution >= 0.6 is 36.6 Å². The summed E-state index contributed by atoms with van der Waals surface area (Å²) in [6, 6.07) is 11.9. The number of amides is 1. The number of carbonyl (C=O) groups excluding carboxylic acids is 1. The van der Waals surface area contributed by atoms with Crippen molar-refractivity contribution < 1.29 is 9.53 Å². The molecular weight excluding hydrogens is 393 g/mol. The van der Waals surface area contributed by atoms with Crippen LogP contribution in [0.3, 0.4) is 0 Å². The highest BCUT2D eigenvalue weighted by molar-refractivity contribution is 7.98. The van der Waals surface area contributed by atoms with Gasteiger partial charge in [0.2, 0.25) is 5.91 Å². The maximum Gasteiger partial charge on any atom is 0.227 e. The van der Waals surface area contributed by atoms with Gasteiger partial charge in [-0.1, -0.05) is 6.07 Å². The summed E-state index contributed by atoms with van der Waals surface area (Å²) in [7, 11) is 0. The van der Waals surface area contributed by atoms with Gasteiger partial charge in [-0.15, -0.1) is 36.6 Å². The van der Waals surface area contributed by atoms with Crippen molar-refractivity contribution in [2.24, 2.45) is 0 Å². The molecule has 3 rings (SSSR count). The molecule has 1 aliphatic rings. The van der Waals surface area contributed by atoms with Crippen LogP contribution in [0.1, 0.15) is 12.0 Å². The predicted molar refractivity (Wildman–Crippen MR) is 111 cm³/mol. The number of thioether (sulfide) groups is 1. The van der Waals surface area contributed by atoms with Crippen molar-refractivity contribution in [1.82, 2.24) is 10.3 Å². The van der Waals surface area contributed by atoms with E-state index in [2.05, 4.69) is 21.7 Å². The highest BCUT2D eigenvalue weighted by Crippen LogP contribution is 2.24. The van der Waals surface area contributed by atoms with Gasteiger partial charge >= 0.3 is 0 Å². The first-order valence-corrected chi connectivity index (χ1v) is 9.02. The SMILES string of the molecule is Cl.Cl.O=C(CC1CNCCO1)Nc1ccc(SCc2cccnc2)cc1. The van der Waals surface area contributed by atoms with Gasteiger partial charge in [0.25, 0.3) is 0 Å². The lowest BCUT2D eigenvalue weighted by molar-refractivity contribution is -0.119. The number of hydrogen-bond acceptors (Lipinski definition) is 5. The third-order valence-corrected chi connectivity index (χ3v) is 4.77. The smallest absolute Gasteiger partial charge is 0.227 e. The fourth-order valence-corrected chi connectivity index (χ4v) is 3.29. The molecule has 0 radical (unpaired) electrons. The van der Waals surface area contributed by atoms with Gasteiger partial charge in [-0.25, -0.2) is 0 Å². The van der Waals surface area contributed by atoms with Gasteiger partial charge < -0.3 is 15.4 Å². The molecule has 1 saturated heterocycles. The Bertz CT molecular complexity index is 653. The molecule has 0 saturated carbocycles. The quantitative estimate of drug-likeness (QED) is 0.706. The van der Waals surface area contributed by atoms with Crippen LogP contribution in [0.2, 0.25) is 0 Å². The van der Waals surface area contributed by atoms with Gasteiger partial charge in [-0.3, -0.25) is 9.78 Å². The van der Waals surface area contributed by atoms with Crippen LogP contribution < -0.4 is 10.6 Å². The molecule has 0 aliphatic carbocycles. The Hall–Kier alpha value is -1.31. The lowest BCUT2D eigenvalue weighted by atomic mass is 10.2. The molecule has 1 fully saturated rings. The lowest BCUT2D eigenvalue weighted by Crippen LogP contribution is -2.40. The van der Waals surface area contributed by atoms with E-state index in [-0.39, 0.29) is 36.8 Å². The zero-order chi connectivity index (χ0) is 16.6. The van der Waals surface area contributed by atoms with Gasteiger partial charge in [0.05, 0.1) is 19.1 Å². The molecule has 1 atom stereocenters. The van der Waals surface area contributed by atoms with Gasteiger partial charge in [0, 0.05) is 41.8 Å². The maximum absolute atomic E-state index is 12.0. The van der Waals surface area contributed by atoms with Crippen molar-refractivity contribution in [3.05, 3.63) is 54.4 Å². The summed E-state index contributed by atoms with van der Waals surface area (Å²) in [5, 5.41) is 6.15. The zero-order valence-electron chi connectivity index (χ0n) is 14.2. The second-order valence-electron chi connectivity index (χ2n) is 5.62. The molecule has 1 amide bonds. The van der Waals surface area contributed by atoms with E-state index in [9.17, 15) is 4.79 Å². The largest absolute Gasteiger partial charge is 0.375 e. The molecule has 1 unspecified atom stereocenters. The molecule has 5 nitrogen and oxygen atoms in total. The van der Waals surface area contributed by atoms with E-state index in [4.69, 9.17) is 4.74 Å². The van der Waals surface area contributed by atoms with E-state index in [1.165, 1.54) is 5.56 Å². The number of aromatic nitrogens is 1. The number of hydrogen-bond donors (Lipinski definition) is 2. The molecule has 142 valence electrons. The fourth-order valence-electron chi connectivity index (χ4n) is 2.45. The predicted octanol–water partition coefficient (Wildman–Crippen LogP) is 3.53. The number of morpholine rings is 1. The normalized spacial score (nSPS) is 16.1. The van der Waals surface area contributed by atoms with Crippen LogP contribution in [0.25, 0.3) is 0 Å². The van der Waals surface area contributed by atoms with E-state index in [0.717, 1.165) is 29.4 Å². The summed E-state index contributed by atoms with van der Waals surface area (Å²) >= 11 is 1.75. The molecule has 2 N–H and O–H groups in total. The second-order valence-corrected chi connectivity index (χ2v) is 6.67. The number of pyridine rings is 1. The Morgan fingerprint density at radius 3 is 2.73 bits per heavy atom. The Morgan fingerprint density at radius 1 is 1.27 bits per heavy atom. The van der Waals surface area contributed by atoms with E-state index in [1.54, 1.807) is 18.0 Å². The number of halogens is 2. The Balaban J connectivity index is 0.00000169. The van der Waals surface area contributed by atoms with Crippen molar-refractivity contribution in [3.8, 4) is 0 Å².